The first-order valence-corrected chi connectivity index (χ1v) is 9.96. The molecule has 160 valence electrons. The summed E-state index contributed by atoms with van der Waals surface area (Å²) in [6, 6.07) is 5.16. The van der Waals surface area contributed by atoms with E-state index in [0.717, 1.165) is 11.1 Å². The minimum absolute atomic E-state index is 0.0711. The highest BCUT2D eigenvalue weighted by Gasteiger charge is 2.25. The van der Waals surface area contributed by atoms with Crippen LogP contribution in [0.2, 0.25) is 0 Å². The molecular formula is C22H25N7O2. The number of aromatic hydroxyl groups is 1. The van der Waals surface area contributed by atoms with Crippen molar-refractivity contribution in [2.45, 2.75) is 33.6 Å². The standard InChI is InChI=1S/C22H25N7O2/c1-11(2)20-26-21-18(22(31)25-16-8-9-24-28(16)5)19(23)14(10-29(21)27-20)17-12(3)6-7-15(30)13(17)4/h6-11,30H,23H2,1-5H3,(H,25,31). The quantitative estimate of drug-likeness (QED) is 0.466. The fraction of sp³-hybridized carbons (Fsp3) is 0.273. The second kappa shape index (κ2) is 7.42. The van der Waals surface area contributed by atoms with Crippen molar-refractivity contribution in [3.05, 3.63) is 53.1 Å². The minimum atomic E-state index is -0.411. The number of nitrogens with one attached hydrogen (secondary N) is 1. The molecule has 0 atom stereocenters. The lowest BCUT2D eigenvalue weighted by atomic mass is 9.93. The molecule has 0 aliphatic heterocycles. The number of rotatable bonds is 4. The number of amides is 1. The predicted octanol–water partition coefficient (Wildman–Crippen LogP) is 3.41. The lowest BCUT2D eigenvalue weighted by Gasteiger charge is -2.17. The van der Waals surface area contributed by atoms with Crippen molar-refractivity contribution in [2.75, 3.05) is 11.1 Å². The summed E-state index contributed by atoms with van der Waals surface area (Å²) in [5, 5.41) is 21.8. The van der Waals surface area contributed by atoms with Crippen LogP contribution >= 0.6 is 0 Å². The molecule has 0 unspecified atom stereocenters. The summed E-state index contributed by atoms with van der Waals surface area (Å²) in [5.41, 5.74) is 10.4. The van der Waals surface area contributed by atoms with Gasteiger partial charge in [0, 0.05) is 30.8 Å². The minimum Gasteiger partial charge on any atom is -0.508 e. The van der Waals surface area contributed by atoms with E-state index in [-0.39, 0.29) is 22.9 Å². The third kappa shape index (κ3) is 3.37. The topological polar surface area (TPSA) is 123 Å². The largest absolute Gasteiger partial charge is 0.508 e. The maximum Gasteiger partial charge on any atom is 0.262 e. The molecule has 1 amide bonds. The van der Waals surface area contributed by atoms with Crippen LogP contribution in [0.4, 0.5) is 11.5 Å². The van der Waals surface area contributed by atoms with E-state index < -0.39 is 5.91 Å². The molecule has 0 radical (unpaired) electrons. The number of carbonyl (C=O) groups excluding carboxylic acids is 1. The third-order valence-electron chi connectivity index (χ3n) is 5.40. The fourth-order valence-corrected chi connectivity index (χ4v) is 3.64. The van der Waals surface area contributed by atoms with Gasteiger partial charge in [-0.25, -0.2) is 9.50 Å². The highest BCUT2D eigenvalue weighted by Crippen LogP contribution is 2.38. The average molecular weight is 419 g/mol. The fourth-order valence-electron chi connectivity index (χ4n) is 3.64. The number of aryl methyl sites for hydroxylation is 2. The molecule has 9 heteroatoms. The third-order valence-corrected chi connectivity index (χ3v) is 5.40. The van der Waals surface area contributed by atoms with Crippen molar-refractivity contribution in [1.29, 1.82) is 0 Å². The molecule has 4 N–H and O–H groups in total. The summed E-state index contributed by atoms with van der Waals surface area (Å²) in [7, 11) is 1.73. The molecule has 0 bridgehead atoms. The molecule has 3 aromatic heterocycles. The Morgan fingerprint density at radius 1 is 1.23 bits per heavy atom. The molecule has 0 aliphatic rings. The number of carbonyl (C=O) groups is 1. The highest BCUT2D eigenvalue weighted by atomic mass is 16.3. The summed E-state index contributed by atoms with van der Waals surface area (Å²) in [5.74, 6) is 0.951. The van der Waals surface area contributed by atoms with Crippen LogP contribution in [0.15, 0.2) is 30.6 Å². The Labute approximate surface area is 179 Å². The maximum atomic E-state index is 13.3. The summed E-state index contributed by atoms with van der Waals surface area (Å²) >= 11 is 0. The van der Waals surface area contributed by atoms with Crippen LogP contribution in [0, 0.1) is 13.8 Å². The van der Waals surface area contributed by atoms with Crippen molar-refractivity contribution in [3.8, 4) is 16.9 Å². The Morgan fingerprint density at radius 2 is 1.97 bits per heavy atom. The summed E-state index contributed by atoms with van der Waals surface area (Å²) in [6.45, 7) is 7.72. The van der Waals surface area contributed by atoms with Crippen molar-refractivity contribution < 1.29 is 9.90 Å². The molecule has 4 aromatic rings. The zero-order valence-electron chi connectivity index (χ0n) is 18.1. The van der Waals surface area contributed by atoms with Crippen molar-refractivity contribution in [1.82, 2.24) is 24.4 Å². The number of nitrogens with two attached hydrogens (primary N) is 1. The zero-order chi connectivity index (χ0) is 22.4. The summed E-state index contributed by atoms with van der Waals surface area (Å²) in [4.78, 5) is 17.9. The van der Waals surface area contributed by atoms with Crippen LogP contribution in [0.3, 0.4) is 0 Å². The second-order valence-electron chi connectivity index (χ2n) is 7.92. The van der Waals surface area contributed by atoms with Gasteiger partial charge >= 0.3 is 0 Å². The van der Waals surface area contributed by atoms with Gasteiger partial charge in [-0.2, -0.15) is 10.2 Å². The van der Waals surface area contributed by atoms with Crippen LogP contribution in [-0.2, 0) is 7.05 Å². The summed E-state index contributed by atoms with van der Waals surface area (Å²) in [6.07, 6.45) is 3.36. The number of pyridine rings is 1. The number of phenolic OH excluding ortho intramolecular Hbond substituents is 1. The number of hydrogen-bond acceptors (Lipinski definition) is 6. The Morgan fingerprint density at radius 3 is 2.61 bits per heavy atom. The van der Waals surface area contributed by atoms with Crippen LogP contribution in [0.1, 0.15) is 47.1 Å². The van der Waals surface area contributed by atoms with Gasteiger partial charge < -0.3 is 16.2 Å². The Hall–Kier alpha value is -3.88. The van der Waals surface area contributed by atoms with Crippen LogP contribution in [0.5, 0.6) is 5.75 Å². The number of phenols is 1. The lowest BCUT2D eigenvalue weighted by Crippen LogP contribution is -2.18. The van der Waals surface area contributed by atoms with Crippen molar-refractivity contribution in [2.24, 2.45) is 7.05 Å². The Bertz CT molecular complexity index is 1320. The van der Waals surface area contributed by atoms with E-state index in [0.29, 0.717) is 28.4 Å². The Kier molecular flexibility index (Phi) is 4.88. The molecule has 31 heavy (non-hydrogen) atoms. The van der Waals surface area contributed by atoms with E-state index in [2.05, 4.69) is 20.5 Å². The van der Waals surface area contributed by atoms with Gasteiger partial charge in [0.1, 0.15) is 17.1 Å². The number of aromatic nitrogens is 5. The predicted molar refractivity (Wildman–Crippen MR) is 119 cm³/mol. The van der Waals surface area contributed by atoms with Gasteiger partial charge in [0.05, 0.1) is 11.9 Å². The summed E-state index contributed by atoms with van der Waals surface area (Å²) < 4.78 is 3.14. The van der Waals surface area contributed by atoms with E-state index in [4.69, 9.17) is 5.73 Å². The average Bonchev–Trinajstić information content (AvgIpc) is 3.31. The van der Waals surface area contributed by atoms with E-state index in [1.54, 1.807) is 40.8 Å². The molecule has 0 fully saturated rings. The first kappa shape index (κ1) is 20.4. The monoisotopic (exact) mass is 419 g/mol. The normalized spacial score (nSPS) is 11.4. The van der Waals surface area contributed by atoms with E-state index >= 15 is 0 Å². The number of nitrogens with zero attached hydrogens (tertiary/aromatic N) is 5. The highest BCUT2D eigenvalue weighted by molar-refractivity contribution is 6.13. The molecule has 3 heterocycles. The molecule has 1 aromatic carbocycles. The van der Waals surface area contributed by atoms with E-state index in [9.17, 15) is 9.90 Å². The number of nitrogen functional groups attached to an aromatic ring is 1. The number of benzene rings is 1. The first-order chi connectivity index (χ1) is 14.7. The van der Waals surface area contributed by atoms with Gasteiger partial charge in [-0.15, -0.1) is 0 Å². The second-order valence-corrected chi connectivity index (χ2v) is 7.92. The van der Waals surface area contributed by atoms with Crippen molar-refractivity contribution >= 4 is 23.1 Å². The van der Waals surface area contributed by atoms with Crippen molar-refractivity contribution in [3.63, 3.8) is 0 Å². The van der Waals surface area contributed by atoms with Gasteiger partial charge in [0.15, 0.2) is 11.5 Å². The zero-order valence-corrected chi connectivity index (χ0v) is 18.1. The first-order valence-electron chi connectivity index (χ1n) is 9.96. The van der Waals surface area contributed by atoms with Gasteiger partial charge in [-0.3, -0.25) is 9.48 Å². The van der Waals surface area contributed by atoms with Gasteiger partial charge in [-0.1, -0.05) is 19.9 Å². The molecule has 0 saturated heterocycles. The van der Waals surface area contributed by atoms with Crippen LogP contribution in [0.25, 0.3) is 16.8 Å². The number of anilines is 2. The Balaban J connectivity index is 2.00. The van der Waals surface area contributed by atoms with Crippen LogP contribution < -0.4 is 11.1 Å². The molecule has 0 aliphatic carbocycles. The molecule has 0 spiro atoms. The smallest absolute Gasteiger partial charge is 0.262 e. The lowest BCUT2D eigenvalue weighted by molar-refractivity contribution is 0.102. The van der Waals surface area contributed by atoms with Crippen LogP contribution in [-0.4, -0.2) is 35.4 Å². The molecule has 0 saturated carbocycles. The maximum absolute atomic E-state index is 13.3. The SMILES string of the molecule is Cc1ccc(O)c(C)c1-c1cn2nc(C(C)C)nc2c(C(=O)Nc2ccnn2C)c1N. The van der Waals surface area contributed by atoms with Gasteiger partial charge in [0.25, 0.3) is 5.91 Å². The molecular weight excluding hydrogens is 394 g/mol. The number of hydrogen-bond donors (Lipinski definition) is 3. The molecule has 4 rings (SSSR count). The van der Waals surface area contributed by atoms with E-state index in [1.165, 1.54) is 0 Å². The van der Waals surface area contributed by atoms with E-state index in [1.807, 2.05) is 33.8 Å². The number of fused-ring (bicyclic) bond motifs is 1. The van der Waals surface area contributed by atoms with Gasteiger partial charge in [-0.05, 0) is 36.6 Å². The van der Waals surface area contributed by atoms with Gasteiger partial charge in [0.2, 0.25) is 0 Å². The molecule has 9 nitrogen and oxygen atoms in total.